The van der Waals surface area contributed by atoms with Crippen LogP contribution in [0.25, 0.3) is 11.3 Å². The molecule has 0 saturated heterocycles. The molecule has 0 radical (unpaired) electrons. The lowest BCUT2D eigenvalue weighted by Crippen LogP contribution is -2.12. The third kappa shape index (κ3) is 2.84. The van der Waals surface area contributed by atoms with Crippen molar-refractivity contribution in [2.24, 2.45) is 5.73 Å². The minimum atomic E-state index is -0.651. The quantitative estimate of drug-likeness (QED) is 0.748. The minimum absolute atomic E-state index is 0.0758. The molecule has 6 nitrogen and oxygen atoms in total. The van der Waals surface area contributed by atoms with Gasteiger partial charge in [0.15, 0.2) is 5.69 Å². The molecule has 0 unspecified atom stereocenters. The highest BCUT2D eigenvalue weighted by Gasteiger charge is 2.18. The number of carbonyl (C=O) groups is 1. The minimum Gasteiger partial charge on any atom is -0.457 e. The first-order chi connectivity index (χ1) is 10.6. The molecule has 0 fully saturated rings. The number of hydrogen-bond acceptors (Lipinski definition) is 4. The first kappa shape index (κ1) is 14.3. The van der Waals surface area contributed by atoms with Gasteiger partial charge in [-0.25, -0.2) is 0 Å². The van der Waals surface area contributed by atoms with Crippen molar-refractivity contribution in [3.05, 3.63) is 58.7 Å². The van der Waals surface area contributed by atoms with Crippen LogP contribution >= 0.6 is 15.9 Å². The predicted octanol–water partition coefficient (Wildman–Crippen LogP) is 3.13. The molecule has 1 heterocycles. The molecule has 0 aliphatic rings. The number of halogens is 1. The molecule has 1 amide bonds. The molecule has 110 valence electrons. The van der Waals surface area contributed by atoms with Crippen LogP contribution in [-0.2, 0) is 0 Å². The van der Waals surface area contributed by atoms with E-state index in [1.54, 1.807) is 12.1 Å². The third-order valence-electron chi connectivity index (χ3n) is 2.96. The van der Waals surface area contributed by atoms with Crippen LogP contribution in [0, 0.1) is 0 Å². The van der Waals surface area contributed by atoms with Gasteiger partial charge < -0.3 is 10.5 Å². The fraction of sp³-hybridized carbons (Fsp3) is 0. The number of ether oxygens (including phenoxy) is 1. The summed E-state index contributed by atoms with van der Waals surface area (Å²) in [6, 6.07) is 14.7. The van der Waals surface area contributed by atoms with E-state index in [9.17, 15) is 4.79 Å². The fourth-order valence-electron chi connectivity index (χ4n) is 1.97. The fourth-order valence-corrected chi connectivity index (χ4v) is 2.24. The Morgan fingerprint density at radius 3 is 2.55 bits per heavy atom. The number of hydrogen-bond donors (Lipinski definition) is 2. The molecule has 3 rings (SSSR count). The molecular formula is C15H11BrN4O2. The second-order valence-corrected chi connectivity index (χ2v) is 5.35. The van der Waals surface area contributed by atoms with Crippen LogP contribution in [-0.4, -0.2) is 21.3 Å². The topological polar surface area (TPSA) is 93.9 Å². The van der Waals surface area contributed by atoms with E-state index in [2.05, 4.69) is 31.3 Å². The Morgan fingerprint density at radius 2 is 1.82 bits per heavy atom. The van der Waals surface area contributed by atoms with E-state index >= 15 is 0 Å². The molecule has 7 heteroatoms. The van der Waals surface area contributed by atoms with Gasteiger partial charge in [-0.1, -0.05) is 28.1 Å². The molecule has 0 spiro atoms. The van der Waals surface area contributed by atoms with Crippen molar-refractivity contribution in [1.82, 2.24) is 15.4 Å². The average Bonchev–Trinajstić information content (AvgIpc) is 3.00. The molecule has 0 aliphatic heterocycles. The normalized spacial score (nSPS) is 10.4. The van der Waals surface area contributed by atoms with Gasteiger partial charge in [-0.15, -0.1) is 0 Å². The maximum Gasteiger partial charge on any atom is 0.271 e. The van der Waals surface area contributed by atoms with E-state index < -0.39 is 5.91 Å². The summed E-state index contributed by atoms with van der Waals surface area (Å²) in [7, 11) is 0. The molecule has 0 bridgehead atoms. The van der Waals surface area contributed by atoms with Gasteiger partial charge in [-0.2, -0.15) is 15.4 Å². The van der Waals surface area contributed by atoms with Crippen LogP contribution in [0.15, 0.2) is 53.0 Å². The first-order valence-corrected chi connectivity index (χ1v) is 7.18. The largest absolute Gasteiger partial charge is 0.457 e. The number of rotatable bonds is 4. The van der Waals surface area contributed by atoms with Gasteiger partial charge in [-0.3, -0.25) is 4.79 Å². The number of aromatic nitrogens is 3. The van der Waals surface area contributed by atoms with Gasteiger partial charge >= 0.3 is 0 Å². The van der Waals surface area contributed by atoms with Crippen LogP contribution in [0.4, 0.5) is 0 Å². The lowest BCUT2D eigenvalue weighted by Gasteiger charge is -2.10. The van der Waals surface area contributed by atoms with Gasteiger partial charge in [0, 0.05) is 10.0 Å². The number of H-pyrrole nitrogens is 1. The summed E-state index contributed by atoms with van der Waals surface area (Å²) in [5.41, 5.74) is 6.38. The van der Waals surface area contributed by atoms with Crippen LogP contribution in [0.2, 0.25) is 0 Å². The van der Waals surface area contributed by atoms with E-state index in [0.717, 1.165) is 4.47 Å². The number of benzene rings is 2. The highest BCUT2D eigenvalue weighted by atomic mass is 79.9. The Labute approximate surface area is 134 Å². The molecule has 22 heavy (non-hydrogen) atoms. The predicted molar refractivity (Wildman–Crippen MR) is 84.6 cm³/mol. The smallest absolute Gasteiger partial charge is 0.271 e. The van der Waals surface area contributed by atoms with Crippen molar-refractivity contribution in [3.63, 3.8) is 0 Å². The van der Waals surface area contributed by atoms with Crippen molar-refractivity contribution < 1.29 is 9.53 Å². The van der Waals surface area contributed by atoms with Crippen LogP contribution in [0.5, 0.6) is 11.5 Å². The van der Waals surface area contributed by atoms with Crippen LogP contribution < -0.4 is 10.5 Å². The number of nitrogens with two attached hydrogens (primary N) is 1. The Hall–Kier alpha value is -2.67. The Morgan fingerprint density at radius 1 is 1.09 bits per heavy atom. The summed E-state index contributed by atoms with van der Waals surface area (Å²) in [6.45, 7) is 0. The van der Waals surface area contributed by atoms with E-state index in [1.165, 1.54) is 0 Å². The molecule has 3 N–H and O–H groups in total. The summed E-state index contributed by atoms with van der Waals surface area (Å²) in [6.07, 6.45) is 0. The highest BCUT2D eigenvalue weighted by Crippen LogP contribution is 2.33. The number of aromatic amines is 1. The highest BCUT2D eigenvalue weighted by molar-refractivity contribution is 9.10. The number of para-hydroxylation sites is 1. The molecule has 2 aromatic carbocycles. The Kier molecular flexibility index (Phi) is 3.88. The van der Waals surface area contributed by atoms with Gasteiger partial charge in [0.2, 0.25) is 0 Å². The van der Waals surface area contributed by atoms with E-state index in [1.807, 2.05) is 36.4 Å². The lowest BCUT2D eigenvalue weighted by molar-refractivity contribution is 0.0996. The SMILES string of the molecule is NC(=O)c1n[nH]nc1-c1ccccc1Oc1ccc(Br)cc1. The number of amides is 1. The van der Waals surface area contributed by atoms with E-state index in [4.69, 9.17) is 10.5 Å². The zero-order chi connectivity index (χ0) is 15.5. The van der Waals surface area contributed by atoms with Crippen molar-refractivity contribution in [2.75, 3.05) is 0 Å². The summed E-state index contributed by atoms with van der Waals surface area (Å²) in [5, 5.41) is 10.2. The number of primary amides is 1. The second-order valence-electron chi connectivity index (χ2n) is 4.44. The summed E-state index contributed by atoms with van der Waals surface area (Å²) in [4.78, 5) is 11.4. The molecule has 0 aliphatic carbocycles. The monoisotopic (exact) mass is 358 g/mol. The summed E-state index contributed by atoms with van der Waals surface area (Å²) in [5.74, 6) is 0.572. The van der Waals surface area contributed by atoms with Crippen molar-refractivity contribution >= 4 is 21.8 Å². The maximum absolute atomic E-state index is 11.4. The third-order valence-corrected chi connectivity index (χ3v) is 3.49. The number of carbonyl (C=O) groups excluding carboxylic acids is 1. The lowest BCUT2D eigenvalue weighted by atomic mass is 10.1. The zero-order valence-electron chi connectivity index (χ0n) is 11.3. The summed E-state index contributed by atoms with van der Waals surface area (Å²) >= 11 is 3.37. The number of nitrogens with one attached hydrogen (secondary N) is 1. The molecule has 3 aromatic rings. The van der Waals surface area contributed by atoms with Gasteiger partial charge in [0.1, 0.15) is 17.2 Å². The van der Waals surface area contributed by atoms with Crippen LogP contribution in [0.1, 0.15) is 10.5 Å². The first-order valence-electron chi connectivity index (χ1n) is 6.38. The van der Waals surface area contributed by atoms with E-state index in [-0.39, 0.29) is 5.69 Å². The van der Waals surface area contributed by atoms with Gasteiger partial charge in [0.05, 0.1) is 0 Å². The van der Waals surface area contributed by atoms with Crippen molar-refractivity contribution in [3.8, 4) is 22.8 Å². The average molecular weight is 359 g/mol. The standard InChI is InChI=1S/C15H11BrN4O2/c16-9-5-7-10(8-6-9)22-12-4-2-1-3-11(12)13-14(15(17)21)19-20-18-13/h1-8H,(H2,17,21)(H,18,19,20). The molecule has 0 saturated carbocycles. The van der Waals surface area contributed by atoms with Crippen molar-refractivity contribution in [2.45, 2.75) is 0 Å². The summed E-state index contributed by atoms with van der Waals surface area (Å²) < 4.78 is 6.83. The molecular weight excluding hydrogens is 348 g/mol. The molecule has 1 aromatic heterocycles. The second kappa shape index (κ2) is 5.98. The van der Waals surface area contributed by atoms with E-state index in [0.29, 0.717) is 22.8 Å². The number of nitrogens with zero attached hydrogens (tertiary/aromatic N) is 2. The van der Waals surface area contributed by atoms with Gasteiger partial charge in [0.25, 0.3) is 5.91 Å². The Bertz CT molecular complexity index is 814. The maximum atomic E-state index is 11.4. The van der Waals surface area contributed by atoms with Crippen LogP contribution in [0.3, 0.4) is 0 Å². The molecule has 0 atom stereocenters. The van der Waals surface area contributed by atoms with Crippen molar-refractivity contribution in [1.29, 1.82) is 0 Å². The zero-order valence-corrected chi connectivity index (χ0v) is 12.9. The van der Waals surface area contributed by atoms with Gasteiger partial charge in [-0.05, 0) is 36.4 Å². The Balaban J connectivity index is 2.01.